The van der Waals surface area contributed by atoms with Gasteiger partial charge in [-0.2, -0.15) is 0 Å². The molecule has 1 atom stereocenters. The predicted octanol–water partition coefficient (Wildman–Crippen LogP) is 2.52. The maximum absolute atomic E-state index is 9.55. The third kappa shape index (κ3) is 4.35. The van der Waals surface area contributed by atoms with E-state index in [1.165, 1.54) is 0 Å². The van der Waals surface area contributed by atoms with Gasteiger partial charge in [0.15, 0.2) is 0 Å². The van der Waals surface area contributed by atoms with Gasteiger partial charge in [-0.15, -0.1) is 6.42 Å². The first-order valence-electron chi connectivity index (χ1n) is 6.88. The molecule has 0 aliphatic carbocycles. The van der Waals surface area contributed by atoms with E-state index in [1.807, 2.05) is 54.6 Å². The minimum Gasteiger partial charge on any atom is -0.481 e. The van der Waals surface area contributed by atoms with Gasteiger partial charge in [0.05, 0.1) is 12.6 Å². The van der Waals surface area contributed by atoms with Gasteiger partial charge in [-0.3, -0.25) is 0 Å². The molecule has 0 unspecified atom stereocenters. The van der Waals surface area contributed by atoms with Gasteiger partial charge in [0.2, 0.25) is 0 Å². The summed E-state index contributed by atoms with van der Waals surface area (Å²) in [5.41, 5.74) is 2.07. The summed E-state index contributed by atoms with van der Waals surface area (Å²) in [5.74, 6) is 3.23. The summed E-state index contributed by atoms with van der Waals surface area (Å²) in [6.07, 6.45) is 5.22. The van der Waals surface area contributed by atoms with E-state index in [4.69, 9.17) is 11.2 Å². The molecule has 0 amide bonds. The van der Waals surface area contributed by atoms with E-state index >= 15 is 0 Å². The zero-order valence-corrected chi connectivity index (χ0v) is 11.8. The summed E-state index contributed by atoms with van der Waals surface area (Å²) >= 11 is 0. The number of aliphatic hydroxyl groups is 1. The SMILES string of the molecule is C#CCOc1ccccc1CN[C@H](CO)c1ccccc1. The monoisotopic (exact) mass is 281 g/mol. The highest BCUT2D eigenvalue weighted by molar-refractivity contribution is 5.33. The Labute approximate surface area is 125 Å². The molecular weight excluding hydrogens is 262 g/mol. The molecule has 0 spiro atoms. The summed E-state index contributed by atoms with van der Waals surface area (Å²) < 4.78 is 5.52. The highest BCUT2D eigenvalue weighted by atomic mass is 16.5. The second-order valence-corrected chi connectivity index (χ2v) is 4.63. The lowest BCUT2D eigenvalue weighted by atomic mass is 10.1. The van der Waals surface area contributed by atoms with Gasteiger partial charge in [0.1, 0.15) is 12.4 Å². The average molecular weight is 281 g/mol. The van der Waals surface area contributed by atoms with Crippen molar-refractivity contribution in [1.29, 1.82) is 0 Å². The number of nitrogens with one attached hydrogen (secondary N) is 1. The van der Waals surface area contributed by atoms with E-state index in [1.54, 1.807) is 0 Å². The summed E-state index contributed by atoms with van der Waals surface area (Å²) in [6, 6.07) is 17.5. The second-order valence-electron chi connectivity index (χ2n) is 4.63. The Morgan fingerprint density at radius 2 is 1.81 bits per heavy atom. The maximum Gasteiger partial charge on any atom is 0.148 e. The highest BCUT2D eigenvalue weighted by Gasteiger charge is 2.10. The van der Waals surface area contributed by atoms with E-state index in [9.17, 15) is 5.11 Å². The van der Waals surface area contributed by atoms with E-state index < -0.39 is 0 Å². The number of hydrogen-bond acceptors (Lipinski definition) is 3. The molecule has 0 bridgehead atoms. The van der Waals surface area contributed by atoms with Gasteiger partial charge in [0, 0.05) is 12.1 Å². The number of aliphatic hydroxyl groups excluding tert-OH is 1. The van der Waals surface area contributed by atoms with Gasteiger partial charge in [-0.05, 0) is 11.6 Å². The third-order valence-corrected chi connectivity index (χ3v) is 3.21. The normalized spacial score (nSPS) is 11.6. The van der Waals surface area contributed by atoms with Crippen LogP contribution in [0.1, 0.15) is 17.2 Å². The first kappa shape index (κ1) is 15.1. The number of rotatable bonds is 7. The van der Waals surface area contributed by atoms with Crippen LogP contribution in [0, 0.1) is 12.3 Å². The second kappa shape index (κ2) is 8.11. The molecular formula is C18H19NO2. The van der Waals surface area contributed by atoms with Crippen molar-refractivity contribution < 1.29 is 9.84 Å². The molecule has 0 aliphatic heterocycles. The van der Waals surface area contributed by atoms with Gasteiger partial charge in [-0.25, -0.2) is 0 Å². The number of hydrogen-bond donors (Lipinski definition) is 2. The molecule has 0 radical (unpaired) electrons. The molecule has 0 aliphatic rings. The quantitative estimate of drug-likeness (QED) is 0.766. The highest BCUT2D eigenvalue weighted by Crippen LogP contribution is 2.19. The van der Waals surface area contributed by atoms with E-state index in [-0.39, 0.29) is 19.3 Å². The van der Waals surface area contributed by atoms with Crippen LogP contribution in [0.5, 0.6) is 5.75 Å². The van der Waals surface area contributed by atoms with Crippen LogP contribution in [-0.4, -0.2) is 18.3 Å². The Kier molecular flexibility index (Phi) is 5.83. The van der Waals surface area contributed by atoms with E-state index in [2.05, 4.69) is 11.2 Å². The van der Waals surface area contributed by atoms with Crippen LogP contribution in [0.15, 0.2) is 54.6 Å². The first-order valence-corrected chi connectivity index (χ1v) is 6.88. The maximum atomic E-state index is 9.55. The van der Waals surface area contributed by atoms with Crippen molar-refractivity contribution in [3.63, 3.8) is 0 Å². The third-order valence-electron chi connectivity index (χ3n) is 3.21. The van der Waals surface area contributed by atoms with Crippen LogP contribution in [-0.2, 0) is 6.54 Å². The standard InChI is InChI=1S/C18H19NO2/c1-2-12-21-18-11-7-6-10-16(18)13-19-17(14-20)15-8-4-3-5-9-15/h1,3-11,17,19-20H,12-14H2/t17-/m1/s1. The molecule has 0 fully saturated rings. The van der Waals surface area contributed by atoms with Crippen molar-refractivity contribution in [2.45, 2.75) is 12.6 Å². The van der Waals surface area contributed by atoms with Crippen LogP contribution in [0.2, 0.25) is 0 Å². The molecule has 0 saturated carbocycles. The fraction of sp³-hybridized carbons (Fsp3) is 0.222. The van der Waals surface area contributed by atoms with Crippen molar-refractivity contribution >= 4 is 0 Å². The van der Waals surface area contributed by atoms with E-state index in [0.29, 0.717) is 6.54 Å². The minimum absolute atomic E-state index is 0.0391. The van der Waals surface area contributed by atoms with Crippen LogP contribution in [0.25, 0.3) is 0 Å². The number of para-hydroxylation sites is 1. The van der Waals surface area contributed by atoms with Crippen LogP contribution in [0.4, 0.5) is 0 Å². The Balaban J connectivity index is 2.03. The summed E-state index contributed by atoms with van der Waals surface area (Å²) in [5, 5.41) is 12.9. The molecule has 108 valence electrons. The summed E-state index contributed by atoms with van der Waals surface area (Å²) in [6.45, 7) is 0.886. The van der Waals surface area contributed by atoms with Crippen molar-refractivity contribution in [1.82, 2.24) is 5.32 Å². The largest absolute Gasteiger partial charge is 0.481 e. The van der Waals surface area contributed by atoms with Crippen LogP contribution >= 0.6 is 0 Å². The van der Waals surface area contributed by atoms with Gasteiger partial charge in [-0.1, -0.05) is 54.5 Å². The molecule has 0 aromatic heterocycles. The molecule has 0 heterocycles. The zero-order valence-electron chi connectivity index (χ0n) is 11.8. The lowest BCUT2D eigenvalue weighted by Crippen LogP contribution is -2.24. The van der Waals surface area contributed by atoms with Crippen molar-refractivity contribution in [2.75, 3.05) is 13.2 Å². The topological polar surface area (TPSA) is 41.5 Å². The minimum atomic E-state index is -0.105. The van der Waals surface area contributed by atoms with Gasteiger partial charge >= 0.3 is 0 Å². The molecule has 0 saturated heterocycles. The molecule has 2 N–H and O–H groups in total. The Bertz CT molecular complexity index is 590. The van der Waals surface area contributed by atoms with Crippen molar-refractivity contribution in [2.24, 2.45) is 0 Å². The van der Waals surface area contributed by atoms with E-state index in [0.717, 1.165) is 16.9 Å². The fourth-order valence-corrected chi connectivity index (χ4v) is 2.12. The van der Waals surface area contributed by atoms with Crippen LogP contribution in [0.3, 0.4) is 0 Å². The lowest BCUT2D eigenvalue weighted by Gasteiger charge is -2.18. The lowest BCUT2D eigenvalue weighted by molar-refractivity contribution is 0.243. The Morgan fingerprint density at radius 1 is 1.10 bits per heavy atom. The molecule has 2 rings (SSSR count). The first-order chi connectivity index (χ1) is 10.3. The van der Waals surface area contributed by atoms with Crippen LogP contribution < -0.4 is 10.1 Å². The number of terminal acetylenes is 1. The average Bonchev–Trinajstić information content (AvgIpc) is 2.55. The number of ether oxygens (including phenoxy) is 1. The molecule has 2 aromatic rings. The Hall–Kier alpha value is -2.28. The fourth-order valence-electron chi connectivity index (χ4n) is 2.12. The zero-order chi connectivity index (χ0) is 14.9. The molecule has 21 heavy (non-hydrogen) atoms. The molecule has 3 heteroatoms. The van der Waals surface area contributed by atoms with Crippen molar-refractivity contribution in [3.05, 3.63) is 65.7 Å². The van der Waals surface area contributed by atoms with Crippen molar-refractivity contribution in [3.8, 4) is 18.1 Å². The summed E-state index contributed by atoms with van der Waals surface area (Å²) in [4.78, 5) is 0. The Morgan fingerprint density at radius 3 is 2.52 bits per heavy atom. The smallest absolute Gasteiger partial charge is 0.148 e. The predicted molar refractivity (Wildman–Crippen MR) is 83.9 cm³/mol. The molecule has 3 nitrogen and oxygen atoms in total. The summed E-state index contributed by atoms with van der Waals surface area (Å²) in [7, 11) is 0. The van der Waals surface area contributed by atoms with Gasteiger partial charge in [0.25, 0.3) is 0 Å². The number of benzene rings is 2. The van der Waals surface area contributed by atoms with Gasteiger partial charge < -0.3 is 15.2 Å². The molecule has 2 aromatic carbocycles.